The molecule has 0 aliphatic heterocycles. The quantitative estimate of drug-likeness (QED) is 0.359. The van der Waals surface area contributed by atoms with Gasteiger partial charge in [0.05, 0.1) is 0 Å². The van der Waals surface area contributed by atoms with Crippen LogP contribution >= 0.6 is 0 Å². The zero-order chi connectivity index (χ0) is 2.00. The molecule has 0 aromatic rings. The molecule has 0 N–H and O–H groups in total. The first kappa shape index (κ1) is 51.2. The van der Waals surface area contributed by atoms with Gasteiger partial charge in [-0.05, 0) is 11.0 Å². The average molecular weight is 205 g/mol. The molecule has 6 heteroatoms. The third-order valence-electron chi connectivity index (χ3n) is 0. The molecule has 0 atom stereocenters. The molecule has 0 aliphatic rings. The number of rotatable bonds is 0. The molecule has 0 rings (SSSR count). The number of hydrogen-bond donors (Lipinski definition) is 0. The third kappa shape index (κ3) is 50.5. The summed E-state index contributed by atoms with van der Waals surface area (Å²) in [4.78, 5) is 0. The first-order valence-corrected chi connectivity index (χ1v) is 0.753. The van der Waals surface area contributed by atoms with Gasteiger partial charge in [0, 0.05) is 0 Å². The van der Waals surface area contributed by atoms with Gasteiger partial charge >= 0.3 is 21.0 Å². The third-order valence-corrected chi connectivity index (χ3v) is 0. The second-order valence-corrected chi connectivity index (χ2v) is 0. The molecule has 0 saturated heterocycles. The maximum atomic E-state index is 8.19. The van der Waals surface area contributed by atoms with Crippen LogP contribution < -0.4 is 37.2 Å². The van der Waals surface area contributed by atoms with Gasteiger partial charge in [-0.2, -0.15) is 0 Å². The van der Waals surface area contributed by atoms with E-state index in [2.05, 4.69) is 0 Å². The van der Waals surface area contributed by atoms with Gasteiger partial charge in [0.25, 0.3) is 0 Å². The van der Waals surface area contributed by atoms with Crippen LogP contribution in [0.4, 0.5) is 0 Å². The first-order valence-electron chi connectivity index (χ1n) is 0.183. The normalized spacial score (nSPS) is 1.00. The van der Waals surface area contributed by atoms with E-state index >= 15 is 0 Å². The standard InChI is InChI=1S/3ClH.O.H4Si.V/h3*1H;;1H4;/q;;;;;+3/p-3. The van der Waals surface area contributed by atoms with Crippen LogP contribution in [0.25, 0.3) is 0 Å². The number of halogens is 3. The molecule has 0 bridgehead atoms. The molecule has 0 aromatic carbocycles. The Hall–Kier alpha value is 1.47. The van der Waals surface area contributed by atoms with Crippen molar-refractivity contribution in [3.63, 3.8) is 0 Å². The summed E-state index contributed by atoms with van der Waals surface area (Å²) >= 11 is 1.06. The number of hydrogen-bond acceptors (Lipinski definition) is 1. The van der Waals surface area contributed by atoms with Crippen LogP contribution in [-0.4, -0.2) is 11.0 Å². The van der Waals surface area contributed by atoms with Gasteiger partial charge in [-0.1, -0.05) is 0 Å². The SMILES string of the molecule is [Cl-].[Cl-].[Cl-].[O]=[V+3].[SiH4]. The van der Waals surface area contributed by atoms with E-state index in [-0.39, 0.29) is 48.2 Å². The van der Waals surface area contributed by atoms with E-state index in [0.29, 0.717) is 0 Å². The Kier molecular flexibility index (Phi) is 764. The van der Waals surface area contributed by atoms with Crippen molar-refractivity contribution in [1.29, 1.82) is 0 Å². The van der Waals surface area contributed by atoms with Gasteiger partial charge in [-0.25, -0.2) is 0 Å². The summed E-state index contributed by atoms with van der Waals surface area (Å²) < 4.78 is 8.19. The van der Waals surface area contributed by atoms with Crippen LogP contribution in [0.3, 0.4) is 0 Å². The van der Waals surface area contributed by atoms with Gasteiger partial charge in [-0.3, -0.25) is 0 Å². The van der Waals surface area contributed by atoms with Crippen LogP contribution in [0.5, 0.6) is 0 Å². The molecule has 0 radical (unpaired) electrons. The van der Waals surface area contributed by atoms with E-state index < -0.39 is 0 Å². The molecule has 6 heavy (non-hydrogen) atoms. The van der Waals surface area contributed by atoms with Crippen molar-refractivity contribution in [3.05, 3.63) is 0 Å². The summed E-state index contributed by atoms with van der Waals surface area (Å²) in [6.45, 7) is 0. The molecular weight excluding hydrogens is 201 g/mol. The maximum Gasteiger partial charge on any atom is -0.0149 e. The van der Waals surface area contributed by atoms with E-state index in [1.807, 2.05) is 0 Å². The van der Waals surface area contributed by atoms with Crippen molar-refractivity contribution in [2.45, 2.75) is 0 Å². The Bertz CT molecular complexity index is 10.8. The topological polar surface area (TPSA) is 17.1 Å². The molecule has 0 heterocycles. The monoisotopic (exact) mass is 204 g/mol. The van der Waals surface area contributed by atoms with Gasteiger partial charge in [0.1, 0.15) is 0 Å². The maximum absolute atomic E-state index is 8.19. The Morgan fingerprint density at radius 3 is 0.833 bits per heavy atom. The van der Waals surface area contributed by atoms with Crippen molar-refractivity contribution in [3.8, 4) is 0 Å². The van der Waals surface area contributed by atoms with Gasteiger partial charge in [-0.15, -0.1) is 0 Å². The minimum Gasteiger partial charge on any atom is -0.0149 e. The van der Waals surface area contributed by atoms with E-state index in [4.69, 9.17) is 3.67 Å². The summed E-state index contributed by atoms with van der Waals surface area (Å²) in [5.74, 6) is 0. The van der Waals surface area contributed by atoms with E-state index in [0.717, 1.165) is 17.4 Å². The van der Waals surface area contributed by atoms with Gasteiger partial charge in [0.15, 0.2) is 0 Å². The van der Waals surface area contributed by atoms with Crippen molar-refractivity contribution in [2.24, 2.45) is 0 Å². The zero-order valence-corrected chi connectivity index (χ0v) is 5.65. The average Bonchev–Trinajstić information content (AvgIpc) is 1.00. The summed E-state index contributed by atoms with van der Waals surface area (Å²) in [7, 11) is 0. The summed E-state index contributed by atoms with van der Waals surface area (Å²) in [6.07, 6.45) is 0. The van der Waals surface area contributed by atoms with Crippen molar-refractivity contribution >= 4 is 11.0 Å². The molecule has 0 aromatic heterocycles. The van der Waals surface area contributed by atoms with Crippen LogP contribution in [0.2, 0.25) is 0 Å². The summed E-state index contributed by atoms with van der Waals surface area (Å²) in [5, 5.41) is 0. The van der Waals surface area contributed by atoms with Gasteiger partial charge in [0.2, 0.25) is 0 Å². The Balaban J connectivity index is -0.000000000833. The van der Waals surface area contributed by atoms with Crippen molar-refractivity contribution in [1.82, 2.24) is 0 Å². The summed E-state index contributed by atoms with van der Waals surface area (Å²) in [6, 6.07) is 0. The summed E-state index contributed by atoms with van der Waals surface area (Å²) in [5.41, 5.74) is 0. The Labute approximate surface area is 69.1 Å². The van der Waals surface area contributed by atoms with Crippen LogP contribution in [0.15, 0.2) is 0 Å². The fourth-order valence-electron chi connectivity index (χ4n) is 0. The second kappa shape index (κ2) is 89.5. The molecule has 0 saturated carbocycles. The second-order valence-electron chi connectivity index (χ2n) is 0. The Morgan fingerprint density at radius 2 is 0.833 bits per heavy atom. The minimum atomic E-state index is 0. The van der Waals surface area contributed by atoms with E-state index in [9.17, 15) is 0 Å². The van der Waals surface area contributed by atoms with E-state index in [1.165, 1.54) is 0 Å². The largest absolute Gasteiger partial charge is 0.0149 e. The molecule has 0 fully saturated rings. The first-order chi connectivity index (χ1) is 1.00. The van der Waals surface area contributed by atoms with Crippen molar-refractivity contribution in [2.75, 3.05) is 0 Å². The molecule has 0 unspecified atom stereocenters. The molecule has 1 nitrogen and oxygen atoms in total. The predicted octanol–water partition coefficient (Wildman–Crippen LogP) is -10.6. The predicted molar refractivity (Wildman–Crippen MR) is 12.0 cm³/mol. The zero-order valence-electron chi connectivity index (χ0n) is 1.99. The molecule has 0 aliphatic carbocycles. The Morgan fingerprint density at radius 1 is 0.833 bits per heavy atom. The molecular formula is H4Cl3OSiV. The molecule has 40 valence electrons. The fourth-order valence-corrected chi connectivity index (χ4v) is 0. The smallest absolute Gasteiger partial charge is 0.0149 e. The molecule has 0 spiro atoms. The van der Waals surface area contributed by atoms with Crippen LogP contribution in [-0.2, 0) is 21.0 Å². The minimum absolute atomic E-state index is 0. The fraction of sp³-hybridized carbons (Fsp3) is 0. The van der Waals surface area contributed by atoms with Crippen LogP contribution in [0, 0.1) is 0 Å². The van der Waals surface area contributed by atoms with Gasteiger partial charge < -0.3 is 37.2 Å². The molecule has 0 amide bonds. The van der Waals surface area contributed by atoms with Crippen LogP contribution in [0.1, 0.15) is 0 Å². The van der Waals surface area contributed by atoms with Crippen molar-refractivity contribution < 1.29 is 58.3 Å². The van der Waals surface area contributed by atoms with E-state index in [1.54, 1.807) is 0 Å².